The number of nitrogens with one attached hydrogen (secondary N) is 1. The second kappa shape index (κ2) is 9.50. The second-order valence-corrected chi connectivity index (χ2v) is 6.22. The van der Waals surface area contributed by atoms with E-state index < -0.39 is 11.5 Å². The van der Waals surface area contributed by atoms with Gasteiger partial charge in [0, 0.05) is 30.4 Å². The summed E-state index contributed by atoms with van der Waals surface area (Å²) in [5, 5.41) is 10.9. The Hall–Kier alpha value is -3.95. The average Bonchev–Trinajstić information content (AvgIpc) is 2.76. The predicted molar refractivity (Wildman–Crippen MR) is 109 cm³/mol. The summed E-state index contributed by atoms with van der Waals surface area (Å²) < 4.78 is 12.9. The smallest absolute Gasteiger partial charge is 0.267 e. The highest BCUT2D eigenvalue weighted by Gasteiger charge is 2.12. The molecule has 3 rings (SSSR count). The molecule has 0 fully saturated rings. The molecule has 0 saturated heterocycles. The zero-order valence-corrected chi connectivity index (χ0v) is 16.6. The number of amides is 1. The van der Waals surface area contributed by atoms with Gasteiger partial charge in [-0.05, 0) is 30.3 Å². The Morgan fingerprint density at radius 2 is 1.83 bits per heavy atom. The molecule has 1 N–H and O–H groups in total. The van der Waals surface area contributed by atoms with Crippen LogP contribution in [0.1, 0.15) is 0 Å². The summed E-state index contributed by atoms with van der Waals surface area (Å²) in [6.07, 6.45) is 1.49. The van der Waals surface area contributed by atoms with Crippen molar-refractivity contribution in [3.63, 3.8) is 0 Å². The Bertz CT molecular complexity index is 1150. The van der Waals surface area contributed by atoms with Crippen molar-refractivity contribution in [2.45, 2.75) is 13.1 Å². The van der Waals surface area contributed by atoms with Crippen LogP contribution in [-0.2, 0) is 17.9 Å². The fraction of sp³-hybridized carbons (Fsp3) is 0.250. The van der Waals surface area contributed by atoms with Gasteiger partial charge in [-0.2, -0.15) is 10.2 Å². The maximum absolute atomic E-state index is 12.2. The van der Waals surface area contributed by atoms with E-state index in [1.54, 1.807) is 37.4 Å². The van der Waals surface area contributed by atoms with E-state index in [-0.39, 0.29) is 25.2 Å². The minimum atomic E-state index is -0.420. The molecule has 156 valence electrons. The van der Waals surface area contributed by atoms with Crippen LogP contribution in [0.25, 0.3) is 11.3 Å². The molecule has 1 amide bonds. The summed E-state index contributed by atoms with van der Waals surface area (Å²) in [5.74, 6) is 0.745. The van der Waals surface area contributed by atoms with Crippen LogP contribution in [0.15, 0.2) is 58.3 Å². The van der Waals surface area contributed by atoms with Gasteiger partial charge in [0.2, 0.25) is 5.91 Å². The first-order valence-corrected chi connectivity index (χ1v) is 9.11. The molecular formula is C20H21N5O5. The molecule has 0 spiro atoms. The first-order valence-electron chi connectivity index (χ1n) is 9.11. The number of carbonyl (C=O) groups is 1. The van der Waals surface area contributed by atoms with Gasteiger partial charge < -0.3 is 14.8 Å². The van der Waals surface area contributed by atoms with Gasteiger partial charge in [0.25, 0.3) is 11.1 Å². The molecule has 0 aliphatic carbocycles. The molecule has 2 aromatic heterocycles. The van der Waals surface area contributed by atoms with Crippen molar-refractivity contribution in [3.05, 3.63) is 69.4 Å². The molecule has 0 saturated carbocycles. The van der Waals surface area contributed by atoms with Crippen LogP contribution in [0.4, 0.5) is 0 Å². The molecule has 30 heavy (non-hydrogen) atoms. The van der Waals surface area contributed by atoms with Gasteiger partial charge in [-0.25, -0.2) is 9.36 Å². The summed E-state index contributed by atoms with van der Waals surface area (Å²) in [5.41, 5.74) is 0.403. The van der Waals surface area contributed by atoms with E-state index in [2.05, 4.69) is 15.5 Å². The number of hydrogen-bond donors (Lipinski definition) is 1. The van der Waals surface area contributed by atoms with E-state index in [0.29, 0.717) is 22.8 Å². The van der Waals surface area contributed by atoms with Crippen molar-refractivity contribution in [1.29, 1.82) is 0 Å². The Balaban J connectivity index is 1.73. The lowest BCUT2D eigenvalue weighted by atomic mass is 10.1. The molecule has 10 heteroatoms. The number of benzene rings is 1. The van der Waals surface area contributed by atoms with Gasteiger partial charge in [-0.3, -0.25) is 14.4 Å². The summed E-state index contributed by atoms with van der Waals surface area (Å²) in [6, 6.07) is 11.0. The van der Waals surface area contributed by atoms with Crippen LogP contribution in [-0.4, -0.2) is 46.2 Å². The van der Waals surface area contributed by atoms with Crippen molar-refractivity contribution in [2.75, 3.05) is 20.8 Å². The maximum atomic E-state index is 12.2. The van der Waals surface area contributed by atoms with Crippen molar-refractivity contribution in [2.24, 2.45) is 0 Å². The molecule has 2 heterocycles. The number of rotatable bonds is 8. The Kier molecular flexibility index (Phi) is 6.58. The lowest BCUT2D eigenvalue weighted by Gasteiger charge is -2.12. The number of aromatic nitrogens is 4. The van der Waals surface area contributed by atoms with Gasteiger partial charge in [-0.1, -0.05) is 0 Å². The van der Waals surface area contributed by atoms with Crippen LogP contribution < -0.4 is 25.9 Å². The topological polar surface area (TPSA) is 117 Å². The Morgan fingerprint density at radius 3 is 2.57 bits per heavy atom. The summed E-state index contributed by atoms with van der Waals surface area (Å²) in [6.45, 7) is 0.138. The second-order valence-electron chi connectivity index (χ2n) is 6.22. The van der Waals surface area contributed by atoms with Crippen LogP contribution in [0.5, 0.6) is 11.5 Å². The van der Waals surface area contributed by atoms with E-state index in [4.69, 9.17) is 9.47 Å². The van der Waals surface area contributed by atoms with Crippen molar-refractivity contribution < 1.29 is 14.3 Å². The summed E-state index contributed by atoms with van der Waals surface area (Å²) >= 11 is 0. The van der Waals surface area contributed by atoms with Gasteiger partial charge in [0.1, 0.15) is 18.0 Å². The highest BCUT2D eigenvalue weighted by Crippen LogP contribution is 2.31. The standard InChI is InChI=1S/C20H21N5O5/c1-29-14-5-7-17(30-2)15(12-14)16-6-8-20(28)25(23-16)13-18(26)21-10-11-24-19(27)4-3-9-22-24/h3-9,12H,10-11,13H2,1-2H3,(H,21,26). The molecule has 0 radical (unpaired) electrons. The van der Waals surface area contributed by atoms with E-state index >= 15 is 0 Å². The van der Waals surface area contributed by atoms with E-state index in [0.717, 1.165) is 4.68 Å². The first-order chi connectivity index (χ1) is 14.5. The quantitative estimate of drug-likeness (QED) is 0.566. The third-order valence-corrected chi connectivity index (χ3v) is 4.27. The number of hydrogen-bond acceptors (Lipinski definition) is 7. The molecule has 0 unspecified atom stereocenters. The Labute approximate surface area is 171 Å². The zero-order chi connectivity index (χ0) is 21.5. The molecule has 3 aromatic rings. The van der Waals surface area contributed by atoms with Gasteiger partial charge in [0.15, 0.2) is 0 Å². The fourth-order valence-electron chi connectivity index (χ4n) is 2.77. The van der Waals surface area contributed by atoms with Crippen molar-refractivity contribution >= 4 is 5.91 Å². The molecule has 0 atom stereocenters. The zero-order valence-electron chi connectivity index (χ0n) is 16.6. The number of carbonyl (C=O) groups excluding carboxylic acids is 1. The van der Waals surface area contributed by atoms with Crippen LogP contribution >= 0.6 is 0 Å². The van der Waals surface area contributed by atoms with Gasteiger partial charge in [0.05, 0.1) is 26.5 Å². The third-order valence-electron chi connectivity index (χ3n) is 4.27. The minimum absolute atomic E-state index is 0.188. The normalized spacial score (nSPS) is 10.5. The van der Waals surface area contributed by atoms with Crippen molar-refractivity contribution in [3.8, 4) is 22.8 Å². The lowest BCUT2D eigenvalue weighted by molar-refractivity contribution is -0.121. The maximum Gasteiger partial charge on any atom is 0.267 e. The third kappa shape index (κ3) is 4.90. The minimum Gasteiger partial charge on any atom is -0.497 e. The predicted octanol–water partition coefficient (Wildman–Crippen LogP) is 0.301. The SMILES string of the molecule is COc1ccc(OC)c(-c2ccc(=O)n(CC(=O)NCCn3ncccc3=O)n2)c1. The summed E-state index contributed by atoms with van der Waals surface area (Å²) in [4.78, 5) is 36.0. The van der Waals surface area contributed by atoms with E-state index in [1.807, 2.05) is 0 Å². The number of methoxy groups -OCH3 is 2. The lowest BCUT2D eigenvalue weighted by Crippen LogP contribution is -2.36. The van der Waals surface area contributed by atoms with Crippen LogP contribution in [0.2, 0.25) is 0 Å². The monoisotopic (exact) mass is 411 g/mol. The van der Waals surface area contributed by atoms with Crippen LogP contribution in [0.3, 0.4) is 0 Å². The van der Waals surface area contributed by atoms with Gasteiger partial charge in [-0.15, -0.1) is 0 Å². The van der Waals surface area contributed by atoms with E-state index in [1.165, 1.54) is 30.1 Å². The molecule has 10 nitrogen and oxygen atoms in total. The van der Waals surface area contributed by atoms with Crippen molar-refractivity contribution in [1.82, 2.24) is 24.9 Å². The first kappa shape index (κ1) is 20.8. The number of ether oxygens (including phenoxy) is 2. The average molecular weight is 411 g/mol. The van der Waals surface area contributed by atoms with E-state index in [9.17, 15) is 14.4 Å². The molecule has 1 aromatic carbocycles. The highest BCUT2D eigenvalue weighted by atomic mass is 16.5. The largest absolute Gasteiger partial charge is 0.497 e. The Morgan fingerprint density at radius 1 is 1.03 bits per heavy atom. The molecule has 0 bridgehead atoms. The molecular weight excluding hydrogens is 390 g/mol. The fourth-order valence-corrected chi connectivity index (χ4v) is 2.77. The van der Waals surface area contributed by atoms with Crippen LogP contribution in [0, 0.1) is 0 Å². The van der Waals surface area contributed by atoms with Gasteiger partial charge >= 0.3 is 0 Å². The molecule has 0 aliphatic heterocycles. The summed E-state index contributed by atoms with van der Waals surface area (Å²) in [7, 11) is 3.07. The molecule has 0 aliphatic rings. The number of nitrogens with zero attached hydrogens (tertiary/aromatic N) is 4. The highest BCUT2D eigenvalue weighted by molar-refractivity contribution is 5.75.